The molecule has 0 saturated carbocycles. The van der Waals surface area contributed by atoms with Crippen LogP contribution >= 0.6 is 0 Å². The summed E-state index contributed by atoms with van der Waals surface area (Å²) in [6.45, 7) is 10.8. The maximum absolute atomic E-state index is 13.5. The highest BCUT2D eigenvalue weighted by atomic mass is 32.2. The van der Waals surface area contributed by atoms with Gasteiger partial charge in [0, 0.05) is 58.0 Å². The number of amides is 2. The van der Waals surface area contributed by atoms with Crippen molar-refractivity contribution in [2.45, 2.75) is 58.0 Å². The molecular formula is C29H41N3O5S. The smallest absolute Gasteiger partial charge is 0.252 e. The number of hydrogen-bond donors (Lipinski definition) is 0. The van der Waals surface area contributed by atoms with Gasteiger partial charge in [-0.3, -0.25) is 14.5 Å². The predicted octanol–water partition coefficient (Wildman–Crippen LogP) is 3.59. The summed E-state index contributed by atoms with van der Waals surface area (Å²) in [6, 6.07) is 12.9. The van der Waals surface area contributed by atoms with E-state index in [0.29, 0.717) is 26.2 Å². The summed E-state index contributed by atoms with van der Waals surface area (Å²) >= 11 is 0. The van der Waals surface area contributed by atoms with Crippen molar-refractivity contribution in [3.8, 4) is 0 Å². The van der Waals surface area contributed by atoms with E-state index in [1.165, 1.54) is 7.11 Å². The van der Waals surface area contributed by atoms with Crippen molar-refractivity contribution in [3.63, 3.8) is 0 Å². The Kier molecular flexibility index (Phi) is 10.5. The number of sulfone groups is 1. The fraction of sp³-hybridized carbons (Fsp3) is 0.517. The van der Waals surface area contributed by atoms with Crippen molar-refractivity contribution in [2.24, 2.45) is 0 Å². The molecule has 38 heavy (non-hydrogen) atoms. The van der Waals surface area contributed by atoms with Crippen LogP contribution in [0.2, 0.25) is 0 Å². The van der Waals surface area contributed by atoms with E-state index in [4.69, 9.17) is 4.74 Å². The Morgan fingerprint density at radius 2 is 1.68 bits per heavy atom. The second-order valence-corrected chi connectivity index (χ2v) is 12.3. The quantitative estimate of drug-likeness (QED) is 0.531. The van der Waals surface area contributed by atoms with E-state index in [1.807, 2.05) is 38.1 Å². The van der Waals surface area contributed by atoms with Gasteiger partial charge in [0.1, 0.15) is 6.61 Å². The summed E-state index contributed by atoms with van der Waals surface area (Å²) < 4.78 is 31.2. The Balaban J connectivity index is 1.87. The second kappa shape index (κ2) is 13.4. The van der Waals surface area contributed by atoms with Crippen LogP contribution < -0.4 is 4.90 Å². The van der Waals surface area contributed by atoms with Gasteiger partial charge in [0.2, 0.25) is 5.91 Å². The second-order valence-electron chi connectivity index (χ2n) is 10.2. The number of fused-ring (bicyclic) bond motifs is 1. The molecule has 0 aliphatic carbocycles. The normalized spacial score (nSPS) is 15.7. The molecule has 0 fully saturated rings. The summed E-state index contributed by atoms with van der Waals surface area (Å²) in [5.74, 6) is -0.601. The molecule has 1 aliphatic rings. The zero-order valence-electron chi connectivity index (χ0n) is 23.3. The van der Waals surface area contributed by atoms with Gasteiger partial charge in [0.15, 0.2) is 9.84 Å². The number of carbonyl (C=O) groups is 2. The van der Waals surface area contributed by atoms with Gasteiger partial charge in [-0.25, -0.2) is 8.42 Å². The predicted molar refractivity (Wildman–Crippen MR) is 150 cm³/mol. The molecular weight excluding hydrogens is 502 g/mol. The highest BCUT2D eigenvalue weighted by Gasteiger charge is 2.25. The molecule has 2 aromatic carbocycles. The molecule has 1 heterocycles. The van der Waals surface area contributed by atoms with E-state index in [0.717, 1.165) is 35.3 Å². The first-order valence-electron chi connectivity index (χ1n) is 13.2. The monoisotopic (exact) mass is 543 g/mol. The first kappa shape index (κ1) is 29.8. The Labute approximate surface area is 227 Å². The fourth-order valence-electron chi connectivity index (χ4n) is 4.70. The van der Waals surface area contributed by atoms with Crippen molar-refractivity contribution >= 4 is 27.3 Å². The number of nitrogens with zero attached hydrogens (tertiary/aromatic N) is 3. The molecule has 1 aliphatic heterocycles. The van der Waals surface area contributed by atoms with Crippen molar-refractivity contribution in [3.05, 3.63) is 59.2 Å². The van der Waals surface area contributed by atoms with Crippen LogP contribution in [-0.4, -0.2) is 81.7 Å². The number of para-hydroxylation sites is 1. The lowest BCUT2D eigenvalue weighted by Gasteiger charge is -2.30. The SMILES string of the molecule is COCC(=O)N1CCCN(C(C)C)CCN(C(=O)CCS(=O)(=O)c2ccc(C)c(C)c2)Cc2ccccc21. The zero-order chi connectivity index (χ0) is 27.9. The zero-order valence-corrected chi connectivity index (χ0v) is 24.1. The largest absolute Gasteiger partial charge is 0.375 e. The average Bonchev–Trinajstić information content (AvgIpc) is 2.91. The molecule has 2 aromatic rings. The number of hydrogen-bond acceptors (Lipinski definition) is 6. The summed E-state index contributed by atoms with van der Waals surface area (Å²) in [5.41, 5.74) is 3.53. The van der Waals surface area contributed by atoms with Gasteiger partial charge in [0.25, 0.3) is 5.91 Å². The number of carbonyl (C=O) groups excluding carboxylic acids is 2. The lowest BCUT2D eigenvalue weighted by atomic mass is 10.1. The molecule has 8 nitrogen and oxygen atoms in total. The van der Waals surface area contributed by atoms with Crippen LogP contribution in [0.25, 0.3) is 0 Å². The molecule has 0 N–H and O–H groups in total. The Hall–Kier alpha value is -2.75. The number of aryl methyl sites for hydroxylation is 2. The summed E-state index contributed by atoms with van der Waals surface area (Å²) in [5, 5.41) is 0. The van der Waals surface area contributed by atoms with E-state index in [2.05, 4.69) is 18.7 Å². The van der Waals surface area contributed by atoms with Gasteiger partial charge < -0.3 is 14.5 Å². The van der Waals surface area contributed by atoms with Crippen molar-refractivity contribution in [1.29, 1.82) is 0 Å². The maximum Gasteiger partial charge on any atom is 0.252 e. The van der Waals surface area contributed by atoms with Gasteiger partial charge in [-0.15, -0.1) is 0 Å². The van der Waals surface area contributed by atoms with Gasteiger partial charge in [-0.2, -0.15) is 0 Å². The summed E-state index contributed by atoms with van der Waals surface area (Å²) in [6.07, 6.45) is 0.676. The summed E-state index contributed by atoms with van der Waals surface area (Å²) in [4.78, 5) is 32.5. The topological polar surface area (TPSA) is 87.2 Å². The number of anilines is 1. The molecule has 0 aromatic heterocycles. The van der Waals surface area contributed by atoms with Gasteiger partial charge in [0.05, 0.1) is 10.6 Å². The minimum absolute atomic E-state index is 0.0266. The van der Waals surface area contributed by atoms with Crippen LogP contribution in [0, 0.1) is 13.8 Å². The third kappa shape index (κ3) is 7.65. The number of ether oxygens (including phenoxy) is 1. The Morgan fingerprint density at radius 3 is 2.37 bits per heavy atom. The van der Waals surface area contributed by atoms with Crippen LogP contribution in [-0.2, 0) is 30.7 Å². The summed E-state index contributed by atoms with van der Waals surface area (Å²) in [7, 11) is -2.10. The molecule has 0 atom stereocenters. The van der Waals surface area contributed by atoms with Crippen LogP contribution in [0.4, 0.5) is 5.69 Å². The molecule has 0 bridgehead atoms. The van der Waals surface area contributed by atoms with E-state index in [1.54, 1.807) is 28.0 Å². The highest BCUT2D eigenvalue weighted by molar-refractivity contribution is 7.91. The number of benzene rings is 2. The lowest BCUT2D eigenvalue weighted by Crippen LogP contribution is -2.41. The minimum atomic E-state index is -3.60. The third-order valence-electron chi connectivity index (χ3n) is 7.20. The Morgan fingerprint density at radius 1 is 0.947 bits per heavy atom. The van der Waals surface area contributed by atoms with Crippen molar-refractivity contribution in [2.75, 3.05) is 50.5 Å². The van der Waals surface area contributed by atoms with E-state index < -0.39 is 9.84 Å². The molecule has 2 amide bonds. The van der Waals surface area contributed by atoms with Gasteiger partial charge in [-0.1, -0.05) is 24.3 Å². The Bertz CT molecular complexity index is 1230. The molecule has 0 unspecified atom stereocenters. The molecule has 0 radical (unpaired) electrons. The fourth-order valence-corrected chi connectivity index (χ4v) is 6.01. The van der Waals surface area contributed by atoms with Crippen LogP contribution in [0.1, 0.15) is 43.4 Å². The van der Waals surface area contributed by atoms with Gasteiger partial charge in [-0.05, 0) is 69.0 Å². The van der Waals surface area contributed by atoms with Crippen molar-refractivity contribution < 1.29 is 22.7 Å². The standard InChI is InChI=1S/C29H41N3O5S/c1-22(2)30-14-8-15-32(29(34)21-37-5)27-10-7-6-9-25(27)20-31(17-16-30)28(33)13-18-38(35,36)26-12-11-23(3)24(4)19-26/h6-7,9-12,19,22H,8,13-18,20-21H2,1-5H3. The number of methoxy groups -OCH3 is 1. The first-order chi connectivity index (χ1) is 18.0. The molecule has 0 saturated heterocycles. The molecule has 3 rings (SSSR count). The van der Waals surface area contributed by atoms with Crippen LogP contribution in [0.5, 0.6) is 0 Å². The number of rotatable bonds is 7. The van der Waals surface area contributed by atoms with Crippen LogP contribution in [0.15, 0.2) is 47.4 Å². The van der Waals surface area contributed by atoms with Crippen LogP contribution in [0.3, 0.4) is 0 Å². The molecule has 9 heteroatoms. The van der Waals surface area contributed by atoms with Crippen molar-refractivity contribution in [1.82, 2.24) is 9.80 Å². The average molecular weight is 544 g/mol. The molecule has 208 valence electrons. The van der Waals surface area contributed by atoms with E-state index >= 15 is 0 Å². The van der Waals surface area contributed by atoms with Gasteiger partial charge >= 0.3 is 0 Å². The van der Waals surface area contributed by atoms with E-state index in [9.17, 15) is 18.0 Å². The molecule has 0 spiro atoms. The first-order valence-corrected chi connectivity index (χ1v) is 14.9. The van der Waals surface area contributed by atoms with E-state index in [-0.39, 0.29) is 41.5 Å². The lowest BCUT2D eigenvalue weighted by molar-refractivity contribution is -0.131. The maximum atomic E-state index is 13.5. The third-order valence-corrected chi connectivity index (χ3v) is 8.92. The highest BCUT2D eigenvalue weighted by Crippen LogP contribution is 2.25. The minimum Gasteiger partial charge on any atom is -0.375 e.